The zero-order valence-electron chi connectivity index (χ0n) is 11.1. The van der Waals surface area contributed by atoms with Crippen molar-refractivity contribution >= 4 is 5.97 Å². The monoisotopic (exact) mass is 261 g/mol. The highest BCUT2D eigenvalue weighted by atomic mass is 16.5. The molecule has 0 spiro atoms. The van der Waals surface area contributed by atoms with Crippen LogP contribution in [-0.4, -0.2) is 34.7 Å². The molecule has 1 aromatic heterocycles. The Labute approximate surface area is 110 Å². The number of para-hydroxylation sites is 1. The average molecular weight is 261 g/mol. The van der Waals surface area contributed by atoms with Crippen LogP contribution in [0.15, 0.2) is 24.3 Å². The maximum absolute atomic E-state index is 11.9. The average Bonchev–Trinajstić information content (AvgIpc) is 2.81. The Kier molecular flexibility index (Phi) is 3.79. The number of aromatic nitrogens is 3. The van der Waals surface area contributed by atoms with Crippen LogP contribution in [0.4, 0.5) is 0 Å². The Bertz CT molecular complexity index is 593. The largest absolute Gasteiger partial charge is 0.496 e. The SMILES string of the molecule is CCOC(=O)c1nnn(C)c1-c1ccccc1OC. The lowest BCUT2D eigenvalue weighted by atomic mass is 10.1. The summed E-state index contributed by atoms with van der Waals surface area (Å²) in [4.78, 5) is 11.9. The van der Waals surface area contributed by atoms with E-state index in [-0.39, 0.29) is 5.69 Å². The molecule has 0 amide bonds. The van der Waals surface area contributed by atoms with Gasteiger partial charge in [0.1, 0.15) is 11.4 Å². The van der Waals surface area contributed by atoms with E-state index in [0.29, 0.717) is 18.1 Å². The quantitative estimate of drug-likeness (QED) is 0.783. The molecule has 0 saturated heterocycles. The van der Waals surface area contributed by atoms with Crippen LogP contribution in [0.3, 0.4) is 0 Å². The predicted molar refractivity (Wildman–Crippen MR) is 68.9 cm³/mol. The van der Waals surface area contributed by atoms with Crippen molar-refractivity contribution in [1.29, 1.82) is 0 Å². The van der Waals surface area contributed by atoms with E-state index in [1.165, 1.54) is 4.68 Å². The van der Waals surface area contributed by atoms with Crippen LogP contribution in [-0.2, 0) is 11.8 Å². The van der Waals surface area contributed by atoms with E-state index in [2.05, 4.69) is 10.3 Å². The number of esters is 1. The van der Waals surface area contributed by atoms with Gasteiger partial charge in [-0.3, -0.25) is 0 Å². The van der Waals surface area contributed by atoms with Gasteiger partial charge in [-0.1, -0.05) is 17.3 Å². The van der Waals surface area contributed by atoms with Gasteiger partial charge in [0, 0.05) is 12.6 Å². The maximum Gasteiger partial charge on any atom is 0.361 e. The number of methoxy groups -OCH3 is 1. The van der Waals surface area contributed by atoms with Gasteiger partial charge < -0.3 is 9.47 Å². The summed E-state index contributed by atoms with van der Waals surface area (Å²) in [6.45, 7) is 2.04. The molecular formula is C13H15N3O3. The van der Waals surface area contributed by atoms with E-state index < -0.39 is 5.97 Å². The molecule has 0 atom stereocenters. The van der Waals surface area contributed by atoms with Gasteiger partial charge in [-0.25, -0.2) is 9.48 Å². The van der Waals surface area contributed by atoms with E-state index in [0.717, 1.165) is 5.56 Å². The van der Waals surface area contributed by atoms with Crippen LogP contribution < -0.4 is 4.74 Å². The maximum atomic E-state index is 11.9. The minimum atomic E-state index is -0.489. The van der Waals surface area contributed by atoms with Gasteiger partial charge in [0.25, 0.3) is 0 Å². The molecule has 19 heavy (non-hydrogen) atoms. The fourth-order valence-electron chi connectivity index (χ4n) is 1.84. The summed E-state index contributed by atoms with van der Waals surface area (Å²) in [5.74, 6) is 0.162. The van der Waals surface area contributed by atoms with Crippen LogP contribution in [0, 0.1) is 0 Å². The van der Waals surface area contributed by atoms with E-state index in [9.17, 15) is 4.79 Å². The molecule has 6 nitrogen and oxygen atoms in total. The molecule has 0 bridgehead atoms. The third kappa shape index (κ3) is 2.42. The number of rotatable bonds is 4. The first-order valence-electron chi connectivity index (χ1n) is 5.89. The summed E-state index contributed by atoms with van der Waals surface area (Å²) in [5, 5.41) is 7.75. The number of hydrogen-bond donors (Lipinski definition) is 0. The molecule has 0 N–H and O–H groups in total. The standard InChI is InChI=1S/C13H15N3O3/c1-4-19-13(17)11-12(16(2)15-14-11)9-7-5-6-8-10(9)18-3/h5-8H,4H2,1-3H3. The molecule has 2 aromatic rings. The van der Waals surface area contributed by atoms with Gasteiger partial charge in [-0.2, -0.15) is 0 Å². The highest BCUT2D eigenvalue weighted by Gasteiger charge is 2.22. The summed E-state index contributed by atoms with van der Waals surface area (Å²) >= 11 is 0. The lowest BCUT2D eigenvalue weighted by molar-refractivity contribution is 0.0520. The summed E-state index contributed by atoms with van der Waals surface area (Å²) < 4.78 is 11.8. The van der Waals surface area contributed by atoms with Crippen LogP contribution in [0.1, 0.15) is 17.4 Å². The van der Waals surface area contributed by atoms with Crippen LogP contribution in [0.5, 0.6) is 5.75 Å². The number of carbonyl (C=O) groups excluding carboxylic acids is 1. The van der Waals surface area contributed by atoms with Crippen molar-refractivity contribution in [3.8, 4) is 17.0 Å². The lowest BCUT2D eigenvalue weighted by Gasteiger charge is -2.09. The number of ether oxygens (including phenoxy) is 2. The molecule has 100 valence electrons. The van der Waals surface area contributed by atoms with Crippen molar-refractivity contribution in [2.45, 2.75) is 6.92 Å². The molecule has 0 fully saturated rings. The second-order valence-corrected chi connectivity index (χ2v) is 3.83. The number of carbonyl (C=O) groups is 1. The smallest absolute Gasteiger partial charge is 0.361 e. The Morgan fingerprint density at radius 1 is 1.37 bits per heavy atom. The molecule has 1 aromatic carbocycles. The van der Waals surface area contributed by atoms with E-state index in [1.807, 2.05) is 24.3 Å². The summed E-state index contributed by atoms with van der Waals surface area (Å²) in [6.07, 6.45) is 0. The van der Waals surface area contributed by atoms with Gasteiger partial charge in [0.2, 0.25) is 0 Å². The minimum Gasteiger partial charge on any atom is -0.496 e. The molecule has 6 heteroatoms. The van der Waals surface area contributed by atoms with Crippen LogP contribution in [0.2, 0.25) is 0 Å². The van der Waals surface area contributed by atoms with E-state index in [1.54, 1.807) is 21.1 Å². The Balaban J connectivity index is 2.55. The Hall–Kier alpha value is -2.37. The molecule has 1 heterocycles. The van der Waals surface area contributed by atoms with Crippen molar-refractivity contribution in [1.82, 2.24) is 15.0 Å². The highest BCUT2D eigenvalue weighted by molar-refractivity contribution is 5.94. The van der Waals surface area contributed by atoms with E-state index in [4.69, 9.17) is 9.47 Å². The first-order valence-corrected chi connectivity index (χ1v) is 5.89. The van der Waals surface area contributed by atoms with Gasteiger partial charge in [-0.05, 0) is 19.1 Å². The number of benzene rings is 1. The van der Waals surface area contributed by atoms with Gasteiger partial charge >= 0.3 is 5.97 Å². The van der Waals surface area contributed by atoms with Crippen molar-refractivity contribution in [2.75, 3.05) is 13.7 Å². The van der Waals surface area contributed by atoms with Crippen molar-refractivity contribution < 1.29 is 14.3 Å². The molecule has 0 aliphatic heterocycles. The summed E-state index contributed by atoms with van der Waals surface area (Å²) in [6, 6.07) is 7.38. The van der Waals surface area contributed by atoms with Gasteiger partial charge in [0.15, 0.2) is 5.69 Å². The van der Waals surface area contributed by atoms with Crippen LogP contribution in [0.25, 0.3) is 11.3 Å². The third-order valence-corrected chi connectivity index (χ3v) is 2.66. The summed E-state index contributed by atoms with van der Waals surface area (Å²) in [7, 11) is 3.30. The Morgan fingerprint density at radius 2 is 2.11 bits per heavy atom. The number of hydrogen-bond acceptors (Lipinski definition) is 5. The fraction of sp³-hybridized carbons (Fsp3) is 0.308. The van der Waals surface area contributed by atoms with Crippen molar-refractivity contribution in [3.05, 3.63) is 30.0 Å². The highest BCUT2D eigenvalue weighted by Crippen LogP contribution is 2.31. The lowest BCUT2D eigenvalue weighted by Crippen LogP contribution is -2.08. The van der Waals surface area contributed by atoms with Crippen LogP contribution >= 0.6 is 0 Å². The normalized spacial score (nSPS) is 10.3. The first-order chi connectivity index (χ1) is 9.19. The zero-order valence-corrected chi connectivity index (χ0v) is 11.1. The number of aryl methyl sites for hydroxylation is 1. The van der Waals surface area contributed by atoms with Gasteiger partial charge in [0.05, 0.1) is 13.7 Å². The summed E-state index contributed by atoms with van der Waals surface area (Å²) in [5.41, 5.74) is 1.52. The van der Waals surface area contributed by atoms with Crippen molar-refractivity contribution in [2.24, 2.45) is 7.05 Å². The van der Waals surface area contributed by atoms with Gasteiger partial charge in [-0.15, -0.1) is 5.10 Å². The van der Waals surface area contributed by atoms with E-state index >= 15 is 0 Å². The third-order valence-electron chi connectivity index (χ3n) is 2.66. The fourth-order valence-corrected chi connectivity index (χ4v) is 1.84. The molecule has 0 saturated carbocycles. The zero-order chi connectivity index (χ0) is 13.8. The topological polar surface area (TPSA) is 66.2 Å². The molecular weight excluding hydrogens is 246 g/mol. The Morgan fingerprint density at radius 3 is 2.79 bits per heavy atom. The molecule has 0 aliphatic rings. The molecule has 0 radical (unpaired) electrons. The minimum absolute atomic E-state index is 0.189. The predicted octanol–water partition coefficient (Wildman–Crippen LogP) is 1.67. The molecule has 2 rings (SSSR count). The molecule has 0 aliphatic carbocycles. The first kappa shape index (κ1) is 13.1. The second-order valence-electron chi connectivity index (χ2n) is 3.83. The number of nitrogens with zero attached hydrogens (tertiary/aromatic N) is 3. The van der Waals surface area contributed by atoms with Crippen molar-refractivity contribution in [3.63, 3.8) is 0 Å². The molecule has 0 unspecified atom stereocenters. The second kappa shape index (κ2) is 5.51.